The number of rotatable bonds is 6. The maximum Gasteiger partial charge on any atom is 0.317 e. The summed E-state index contributed by atoms with van der Waals surface area (Å²) in [5.41, 5.74) is -2.10. The minimum absolute atomic E-state index is 0.0337. The van der Waals surface area contributed by atoms with Gasteiger partial charge in [-0.05, 0) is 97.2 Å². The van der Waals surface area contributed by atoms with Crippen LogP contribution >= 0.6 is 0 Å². The fourth-order valence-corrected chi connectivity index (χ4v) is 13.4. The van der Waals surface area contributed by atoms with Crippen molar-refractivity contribution in [2.24, 2.45) is 50.2 Å². The Bertz CT molecular complexity index is 1490. The first kappa shape index (κ1) is 41.9. The van der Waals surface area contributed by atoms with Gasteiger partial charge in [0.2, 0.25) is 6.29 Å². The van der Waals surface area contributed by atoms with Crippen molar-refractivity contribution in [1.29, 1.82) is 0 Å². The van der Waals surface area contributed by atoms with Crippen LogP contribution in [0.1, 0.15) is 99.3 Å². The lowest BCUT2D eigenvalue weighted by atomic mass is 9.33. The summed E-state index contributed by atoms with van der Waals surface area (Å²) in [5, 5.41) is 95.9. The van der Waals surface area contributed by atoms with E-state index in [2.05, 4.69) is 40.7 Å². The van der Waals surface area contributed by atoms with Gasteiger partial charge in [-0.25, -0.2) is 0 Å². The molecular formula is C41H66O14. The van der Waals surface area contributed by atoms with E-state index in [-0.39, 0.29) is 47.2 Å². The molecule has 7 aliphatic rings. The Labute approximate surface area is 323 Å². The Morgan fingerprint density at radius 2 is 1.49 bits per heavy atom. The highest BCUT2D eigenvalue weighted by molar-refractivity contribution is 5.80. The SMILES string of the molecule is CC1(C)CC[C@]2(C(=O)O[C@@H]3O[C@H](CO)[C@@H](O)[C@H](O)[C@H]3O)[C@H](O)C[C@]3(C)C(=CCC4[C@@]5(C)CC[C@H](O[C@@H]6OC[C@H](O)[C@H](O)[C@H]6O)[C@@](C)(CO)C5CC[C@]43C)[C@@H]2C1. The number of esters is 1. The summed E-state index contributed by atoms with van der Waals surface area (Å²) in [4.78, 5) is 14.6. The minimum Gasteiger partial charge on any atom is -0.432 e. The van der Waals surface area contributed by atoms with Crippen molar-refractivity contribution in [3.8, 4) is 0 Å². The third-order valence-corrected chi connectivity index (χ3v) is 17.0. The highest BCUT2D eigenvalue weighted by atomic mass is 16.7. The van der Waals surface area contributed by atoms with E-state index in [4.69, 9.17) is 18.9 Å². The molecule has 2 heterocycles. The van der Waals surface area contributed by atoms with Crippen LogP contribution in [0.5, 0.6) is 0 Å². The van der Waals surface area contributed by atoms with Gasteiger partial charge < -0.3 is 64.9 Å². The predicted molar refractivity (Wildman–Crippen MR) is 194 cm³/mol. The normalized spacial score (nSPS) is 54.9. The third kappa shape index (κ3) is 6.05. The van der Waals surface area contributed by atoms with Gasteiger partial charge in [0, 0.05) is 5.41 Å². The Balaban J connectivity index is 1.20. The molecule has 0 bridgehead atoms. The van der Waals surface area contributed by atoms with Gasteiger partial charge in [-0.2, -0.15) is 0 Å². The molecule has 6 fully saturated rings. The average molecular weight is 783 g/mol. The van der Waals surface area contributed by atoms with Crippen LogP contribution in [-0.2, 0) is 23.7 Å². The topological polar surface area (TPSA) is 236 Å². The molecule has 19 atom stereocenters. The molecule has 0 spiro atoms. The molecule has 5 aliphatic carbocycles. The summed E-state index contributed by atoms with van der Waals surface area (Å²) in [5.74, 6) is -0.910. The van der Waals surface area contributed by atoms with Gasteiger partial charge in [0.15, 0.2) is 6.29 Å². The first-order valence-corrected chi connectivity index (χ1v) is 20.5. The van der Waals surface area contributed by atoms with Crippen LogP contribution in [-0.4, -0.2) is 139 Å². The quantitative estimate of drug-likeness (QED) is 0.104. The number of fused-ring (bicyclic) bond motifs is 7. The highest BCUT2D eigenvalue weighted by Gasteiger charge is 2.72. The van der Waals surface area contributed by atoms with Gasteiger partial charge in [0.1, 0.15) is 48.1 Å². The van der Waals surface area contributed by atoms with Crippen molar-refractivity contribution in [3.05, 3.63) is 11.6 Å². The second kappa shape index (κ2) is 14.2. The maximum atomic E-state index is 14.6. The van der Waals surface area contributed by atoms with E-state index < -0.39 is 96.3 Å². The lowest BCUT2D eigenvalue weighted by Gasteiger charge is -2.72. The van der Waals surface area contributed by atoms with Crippen molar-refractivity contribution in [1.82, 2.24) is 0 Å². The Morgan fingerprint density at radius 3 is 2.16 bits per heavy atom. The molecule has 2 aliphatic heterocycles. The zero-order chi connectivity index (χ0) is 40.3. The standard InChI is InChI=1S/C41H66O14/c1-36(2)13-14-41(35(51)55-34-32(50)30(48)29(47)23(17-42)53-34)21(15-36)20-7-8-25-37(3)11-10-27(54-33-31(49)28(46)22(44)18-52-33)38(4,19-43)24(37)9-12-39(25,5)40(20,6)16-26(41)45/h7,21-34,42-50H,8-19H2,1-6H3/t21-,22-,23+,24?,25?,26+,27-,28-,29+,30-,31+,32+,33-,34-,37-,38-,39+,40+,41+/m0/s1. The lowest BCUT2D eigenvalue weighted by molar-refractivity contribution is -0.313. The molecule has 0 radical (unpaired) electrons. The van der Waals surface area contributed by atoms with E-state index in [1.54, 1.807) is 0 Å². The molecular weight excluding hydrogens is 716 g/mol. The first-order valence-electron chi connectivity index (χ1n) is 20.5. The summed E-state index contributed by atoms with van der Waals surface area (Å²) < 4.78 is 23.5. The molecule has 14 heteroatoms. The van der Waals surface area contributed by atoms with Crippen LogP contribution in [0, 0.1) is 50.2 Å². The number of aliphatic hydroxyl groups excluding tert-OH is 9. The van der Waals surface area contributed by atoms with Crippen molar-refractivity contribution < 1.29 is 69.7 Å². The number of hydrogen-bond donors (Lipinski definition) is 9. The van der Waals surface area contributed by atoms with Gasteiger partial charge in [-0.3, -0.25) is 4.79 Å². The van der Waals surface area contributed by atoms with Crippen LogP contribution in [0.4, 0.5) is 0 Å². The van der Waals surface area contributed by atoms with Gasteiger partial charge in [0.25, 0.3) is 0 Å². The van der Waals surface area contributed by atoms with E-state index in [1.165, 1.54) is 0 Å². The molecule has 314 valence electrons. The largest absolute Gasteiger partial charge is 0.432 e. The van der Waals surface area contributed by atoms with Gasteiger partial charge in [-0.15, -0.1) is 0 Å². The number of carbonyl (C=O) groups excluding carboxylic acids is 1. The Hall–Kier alpha value is -1.27. The summed E-state index contributed by atoms with van der Waals surface area (Å²) in [6, 6.07) is 0. The van der Waals surface area contributed by atoms with Crippen LogP contribution < -0.4 is 0 Å². The highest BCUT2D eigenvalue weighted by Crippen LogP contribution is 2.76. The Morgan fingerprint density at radius 1 is 0.800 bits per heavy atom. The number of ether oxygens (including phenoxy) is 4. The van der Waals surface area contributed by atoms with Crippen LogP contribution in [0.2, 0.25) is 0 Å². The van der Waals surface area contributed by atoms with Gasteiger partial charge in [-0.1, -0.05) is 53.2 Å². The molecule has 7 rings (SSSR count). The van der Waals surface area contributed by atoms with Gasteiger partial charge >= 0.3 is 5.97 Å². The van der Waals surface area contributed by atoms with Crippen LogP contribution in [0.15, 0.2) is 11.6 Å². The van der Waals surface area contributed by atoms with Crippen molar-refractivity contribution in [2.45, 2.75) is 167 Å². The van der Waals surface area contributed by atoms with Crippen LogP contribution in [0.25, 0.3) is 0 Å². The van der Waals surface area contributed by atoms with Crippen molar-refractivity contribution in [2.75, 3.05) is 19.8 Å². The zero-order valence-corrected chi connectivity index (χ0v) is 33.2. The predicted octanol–water partition coefficient (Wildman–Crippen LogP) is 0.899. The third-order valence-electron chi connectivity index (χ3n) is 17.0. The monoisotopic (exact) mass is 782 g/mol. The number of allylic oxidation sites excluding steroid dienone is 2. The van der Waals surface area contributed by atoms with Crippen molar-refractivity contribution in [3.63, 3.8) is 0 Å². The maximum absolute atomic E-state index is 14.6. The molecule has 0 aromatic heterocycles. The minimum atomic E-state index is -1.75. The van der Waals surface area contributed by atoms with Crippen LogP contribution in [0.3, 0.4) is 0 Å². The molecule has 55 heavy (non-hydrogen) atoms. The number of aliphatic hydroxyl groups is 9. The lowest BCUT2D eigenvalue weighted by Crippen LogP contribution is -2.69. The molecule has 9 N–H and O–H groups in total. The second-order valence-electron chi connectivity index (χ2n) is 20.2. The molecule has 14 nitrogen and oxygen atoms in total. The Kier molecular flexibility index (Phi) is 10.8. The summed E-state index contributed by atoms with van der Waals surface area (Å²) in [6.45, 7) is 12.3. The summed E-state index contributed by atoms with van der Waals surface area (Å²) >= 11 is 0. The molecule has 2 saturated heterocycles. The molecule has 4 saturated carbocycles. The molecule has 0 aromatic rings. The van der Waals surface area contributed by atoms with E-state index in [1.807, 2.05) is 6.92 Å². The number of hydrogen-bond acceptors (Lipinski definition) is 14. The van der Waals surface area contributed by atoms with E-state index >= 15 is 0 Å². The summed E-state index contributed by atoms with van der Waals surface area (Å²) in [7, 11) is 0. The second-order valence-corrected chi connectivity index (χ2v) is 20.2. The smallest absolute Gasteiger partial charge is 0.317 e. The molecule has 0 amide bonds. The van der Waals surface area contributed by atoms with Gasteiger partial charge in [0.05, 0.1) is 32.0 Å². The van der Waals surface area contributed by atoms with E-state index in [0.717, 1.165) is 31.3 Å². The fourth-order valence-electron chi connectivity index (χ4n) is 13.4. The fraction of sp³-hybridized carbons (Fsp3) is 0.927. The number of carbonyl (C=O) groups is 1. The van der Waals surface area contributed by atoms with Crippen molar-refractivity contribution >= 4 is 5.97 Å². The summed E-state index contributed by atoms with van der Waals surface area (Å²) in [6.07, 6.45) is -6.79. The zero-order valence-electron chi connectivity index (χ0n) is 33.2. The first-order chi connectivity index (χ1) is 25.6. The molecule has 2 unspecified atom stereocenters. The van der Waals surface area contributed by atoms with E-state index in [9.17, 15) is 50.8 Å². The average Bonchev–Trinajstić information content (AvgIpc) is 3.13. The molecule has 0 aromatic carbocycles. The van der Waals surface area contributed by atoms with E-state index in [0.29, 0.717) is 32.1 Å².